The average molecular weight is 460 g/mol. The van der Waals surface area contributed by atoms with Crippen molar-refractivity contribution >= 4 is 27.6 Å². The van der Waals surface area contributed by atoms with Crippen LogP contribution in [-0.2, 0) is 24.3 Å². The van der Waals surface area contributed by atoms with Crippen LogP contribution in [0.25, 0.3) is 0 Å². The summed E-state index contributed by atoms with van der Waals surface area (Å²) >= 11 is 0. The van der Waals surface area contributed by atoms with Gasteiger partial charge in [-0.05, 0) is 50.2 Å². The van der Waals surface area contributed by atoms with Crippen molar-refractivity contribution in [2.75, 3.05) is 24.7 Å². The van der Waals surface area contributed by atoms with E-state index in [1.165, 1.54) is 24.0 Å². The van der Waals surface area contributed by atoms with E-state index in [-0.39, 0.29) is 17.9 Å². The van der Waals surface area contributed by atoms with Crippen molar-refractivity contribution < 1.29 is 27.5 Å². The van der Waals surface area contributed by atoms with Gasteiger partial charge in [0.15, 0.2) is 6.61 Å². The Kier molecular flexibility index (Phi) is 9.19. The molecule has 0 saturated carbocycles. The van der Waals surface area contributed by atoms with Crippen molar-refractivity contribution in [3.05, 3.63) is 54.6 Å². The molecule has 0 aromatic heterocycles. The Morgan fingerprint density at radius 2 is 1.78 bits per heavy atom. The second kappa shape index (κ2) is 11.8. The number of nitriles is 1. The fourth-order valence-electron chi connectivity index (χ4n) is 2.73. The lowest BCUT2D eigenvalue weighted by atomic mass is 10.2. The summed E-state index contributed by atoms with van der Waals surface area (Å²) in [5, 5.41) is 8.89. The molecule has 0 spiro atoms. The lowest BCUT2D eigenvalue weighted by Crippen LogP contribution is -2.41. The number of carbonyl (C=O) groups excluding carboxylic acids is 2. The number of amides is 1. The molecule has 0 bridgehead atoms. The number of ether oxygens (including phenoxy) is 2. The molecule has 0 saturated heterocycles. The van der Waals surface area contributed by atoms with Gasteiger partial charge in [0.1, 0.15) is 11.8 Å². The molecule has 0 fully saturated rings. The highest BCUT2D eigenvalue weighted by atomic mass is 32.2. The first-order valence-electron chi connectivity index (χ1n) is 9.92. The fraction of sp³-hybridized carbons (Fsp3) is 0.318. The predicted octanol–water partition coefficient (Wildman–Crippen LogP) is 2.24. The number of esters is 1. The van der Waals surface area contributed by atoms with Crippen molar-refractivity contribution in [1.82, 2.24) is 4.72 Å². The summed E-state index contributed by atoms with van der Waals surface area (Å²) in [6.07, 6.45) is 0.0835. The standard InChI is InChI=1S/C22H25N3O6S/c1-3-30-19-12-10-18(11-13-19)25(15-7-14-23)21(26)16-31-22(27)17(2)24-32(28,29)20-8-5-4-6-9-20/h4-6,8-13,17,24H,3,7,15-16H2,1-2H3/t17-/m0/s1. The Morgan fingerprint density at radius 3 is 2.38 bits per heavy atom. The maximum absolute atomic E-state index is 12.7. The molecule has 0 heterocycles. The molecule has 2 aromatic carbocycles. The Morgan fingerprint density at radius 1 is 1.12 bits per heavy atom. The lowest BCUT2D eigenvalue weighted by molar-refractivity contribution is -0.149. The lowest BCUT2D eigenvalue weighted by Gasteiger charge is -2.22. The molecular formula is C22H25N3O6S. The molecule has 0 aliphatic heterocycles. The molecule has 0 radical (unpaired) electrons. The van der Waals surface area contributed by atoms with E-state index < -0.39 is 34.5 Å². The second-order valence-corrected chi connectivity index (χ2v) is 8.36. The van der Waals surface area contributed by atoms with Gasteiger partial charge in [-0.2, -0.15) is 9.98 Å². The van der Waals surface area contributed by atoms with Gasteiger partial charge in [-0.15, -0.1) is 0 Å². The normalized spacial score (nSPS) is 11.8. The number of sulfonamides is 1. The van der Waals surface area contributed by atoms with E-state index in [1.807, 2.05) is 13.0 Å². The first-order chi connectivity index (χ1) is 15.3. The van der Waals surface area contributed by atoms with Crippen LogP contribution < -0.4 is 14.4 Å². The molecule has 170 valence electrons. The minimum atomic E-state index is -3.92. The molecule has 10 heteroatoms. The smallest absolute Gasteiger partial charge is 0.324 e. The SMILES string of the molecule is CCOc1ccc(N(CCC#N)C(=O)COC(=O)[C@H](C)NS(=O)(=O)c2ccccc2)cc1. The van der Waals surface area contributed by atoms with E-state index in [9.17, 15) is 18.0 Å². The third kappa shape index (κ3) is 7.08. The highest BCUT2D eigenvalue weighted by Gasteiger charge is 2.25. The van der Waals surface area contributed by atoms with Gasteiger partial charge in [-0.3, -0.25) is 9.59 Å². The molecular weight excluding hydrogens is 434 g/mol. The van der Waals surface area contributed by atoms with E-state index in [2.05, 4.69) is 4.72 Å². The van der Waals surface area contributed by atoms with Crippen molar-refractivity contribution in [2.24, 2.45) is 0 Å². The van der Waals surface area contributed by atoms with Crippen LogP contribution in [0.15, 0.2) is 59.5 Å². The Labute approximate surface area is 187 Å². The summed E-state index contributed by atoms with van der Waals surface area (Å²) in [4.78, 5) is 26.3. The van der Waals surface area contributed by atoms with Gasteiger partial charge in [0.2, 0.25) is 10.0 Å². The first-order valence-corrected chi connectivity index (χ1v) is 11.4. The molecule has 0 unspecified atom stereocenters. The van der Waals surface area contributed by atoms with E-state index in [4.69, 9.17) is 14.7 Å². The van der Waals surface area contributed by atoms with Crippen LogP contribution in [0, 0.1) is 11.3 Å². The number of rotatable bonds is 11. The molecule has 1 amide bonds. The molecule has 0 aliphatic rings. The zero-order chi connectivity index (χ0) is 23.6. The summed E-state index contributed by atoms with van der Waals surface area (Å²) < 4.78 is 37.3. The molecule has 2 rings (SSSR count). The van der Waals surface area contributed by atoms with Gasteiger partial charge < -0.3 is 14.4 Å². The number of anilines is 1. The third-order valence-electron chi connectivity index (χ3n) is 4.28. The van der Waals surface area contributed by atoms with E-state index in [0.29, 0.717) is 18.0 Å². The van der Waals surface area contributed by atoms with E-state index in [1.54, 1.807) is 42.5 Å². The van der Waals surface area contributed by atoms with Crippen LogP contribution in [0.2, 0.25) is 0 Å². The van der Waals surface area contributed by atoms with Gasteiger partial charge in [0.05, 0.1) is 24.0 Å². The van der Waals surface area contributed by atoms with Crippen LogP contribution >= 0.6 is 0 Å². The van der Waals surface area contributed by atoms with Crippen LogP contribution in [0.5, 0.6) is 5.75 Å². The van der Waals surface area contributed by atoms with Crippen molar-refractivity contribution in [2.45, 2.75) is 31.2 Å². The zero-order valence-electron chi connectivity index (χ0n) is 17.9. The predicted molar refractivity (Wildman–Crippen MR) is 117 cm³/mol. The van der Waals surface area contributed by atoms with Crippen molar-refractivity contribution in [1.29, 1.82) is 5.26 Å². The monoisotopic (exact) mass is 459 g/mol. The zero-order valence-corrected chi connectivity index (χ0v) is 18.7. The van der Waals surface area contributed by atoms with E-state index in [0.717, 1.165) is 0 Å². The number of hydrogen-bond donors (Lipinski definition) is 1. The van der Waals surface area contributed by atoms with Gasteiger partial charge in [-0.1, -0.05) is 18.2 Å². The molecule has 2 aromatic rings. The third-order valence-corrected chi connectivity index (χ3v) is 5.84. The molecule has 9 nitrogen and oxygen atoms in total. The molecule has 1 atom stereocenters. The quantitative estimate of drug-likeness (QED) is 0.511. The highest BCUT2D eigenvalue weighted by Crippen LogP contribution is 2.20. The number of hydrogen-bond acceptors (Lipinski definition) is 7. The van der Waals surface area contributed by atoms with Crippen LogP contribution in [0.4, 0.5) is 5.69 Å². The number of nitrogens with one attached hydrogen (secondary N) is 1. The summed E-state index contributed by atoms with van der Waals surface area (Å²) in [7, 11) is -3.92. The topological polar surface area (TPSA) is 126 Å². The molecule has 32 heavy (non-hydrogen) atoms. The molecule has 0 aliphatic carbocycles. The minimum Gasteiger partial charge on any atom is -0.494 e. The second-order valence-electron chi connectivity index (χ2n) is 6.64. The summed E-state index contributed by atoms with van der Waals surface area (Å²) in [6.45, 7) is 3.18. The maximum Gasteiger partial charge on any atom is 0.324 e. The summed E-state index contributed by atoms with van der Waals surface area (Å²) in [6, 6.07) is 15.1. The van der Waals surface area contributed by atoms with Crippen LogP contribution in [0.3, 0.4) is 0 Å². The van der Waals surface area contributed by atoms with Crippen molar-refractivity contribution in [3.63, 3.8) is 0 Å². The fourth-order valence-corrected chi connectivity index (χ4v) is 3.95. The first kappa shape index (κ1) is 24.8. The molecule has 1 N–H and O–H groups in total. The maximum atomic E-state index is 12.7. The highest BCUT2D eigenvalue weighted by molar-refractivity contribution is 7.89. The van der Waals surface area contributed by atoms with Gasteiger partial charge in [-0.25, -0.2) is 8.42 Å². The van der Waals surface area contributed by atoms with Gasteiger partial charge >= 0.3 is 5.97 Å². The Balaban J connectivity index is 2.00. The Bertz CT molecular complexity index is 1050. The number of carbonyl (C=O) groups is 2. The van der Waals surface area contributed by atoms with Crippen LogP contribution in [-0.4, -0.2) is 46.1 Å². The minimum absolute atomic E-state index is 0.00824. The average Bonchev–Trinajstić information content (AvgIpc) is 2.79. The largest absolute Gasteiger partial charge is 0.494 e. The summed E-state index contributed by atoms with van der Waals surface area (Å²) in [5.74, 6) is -0.810. The number of benzene rings is 2. The van der Waals surface area contributed by atoms with Gasteiger partial charge in [0.25, 0.3) is 5.91 Å². The van der Waals surface area contributed by atoms with Crippen molar-refractivity contribution in [3.8, 4) is 11.8 Å². The Hall–Kier alpha value is -3.42. The van der Waals surface area contributed by atoms with Crippen LogP contribution in [0.1, 0.15) is 20.3 Å². The van der Waals surface area contributed by atoms with Gasteiger partial charge in [0, 0.05) is 12.2 Å². The van der Waals surface area contributed by atoms with E-state index >= 15 is 0 Å². The summed E-state index contributed by atoms with van der Waals surface area (Å²) in [5.41, 5.74) is 0.516. The number of nitrogens with zero attached hydrogens (tertiary/aromatic N) is 2.